The molecule has 1 heterocycles. The van der Waals surface area contributed by atoms with Gasteiger partial charge in [-0.15, -0.1) is 0 Å². The summed E-state index contributed by atoms with van der Waals surface area (Å²) in [5.41, 5.74) is 1.28. The van der Waals surface area contributed by atoms with E-state index in [9.17, 15) is 13.2 Å². The number of ether oxygens (including phenoxy) is 2. The van der Waals surface area contributed by atoms with Gasteiger partial charge in [0.15, 0.2) is 0 Å². The highest BCUT2D eigenvalue weighted by atomic mass is 32.2. The second-order valence-corrected chi connectivity index (χ2v) is 9.56. The summed E-state index contributed by atoms with van der Waals surface area (Å²) in [5.74, 6) is 0.640. The largest absolute Gasteiger partial charge is 0.495 e. The van der Waals surface area contributed by atoms with Gasteiger partial charge in [-0.05, 0) is 56.5 Å². The van der Waals surface area contributed by atoms with Gasteiger partial charge in [0.1, 0.15) is 23.0 Å². The van der Waals surface area contributed by atoms with Crippen LogP contribution in [-0.4, -0.2) is 51.5 Å². The fourth-order valence-corrected chi connectivity index (χ4v) is 5.60. The smallest absolute Gasteiger partial charge is 0.251 e. The standard InChI is InChI=1S/C23H30N2O5S/c1-17-8-4-5-10-20(17)30-15-13-24-23(26)19-11-12-21(29-3)22(16-19)31(27,28)25-14-7-6-9-18(25)2/h4-5,8,10-12,16,18H,6-7,9,13-15H2,1-3H3,(H,24,26). The van der Waals surface area contributed by atoms with Gasteiger partial charge in [-0.1, -0.05) is 24.6 Å². The predicted molar refractivity (Wildman–Crippen MR) is 119 cm³/mol. The molecule has 1 fully saturated rings. The normalized spacial score (nSPS) is 17.2. The third kappa shape index (κ3) is 5.37. The average Bonchev–Trinajstić information content (AvgIpc) is 2.77. The summed E-state index contributed by atoms with van der Waals surface area (Å²) in [4.78, 5) is 12.6. The molecule has 1 aliphatic heterocycles. The first-order chi connectivity index (χ1) is 14.8. The maximum absolute atomic E-state index is 13.3. The number of benzene rings is 2. The topological polar surface area (TPSA) is 84.9 Å². The van der Waals surface area contributed by atoms with Crippen molar-refractivity contribution in [3.05, 3.63) is 53.6 Å². The van der Waals surface area contributed by atoms with E-state index in [1.165, 1.54) is 23.5 Å². The van der Waals surface area contributed by atoms with Crippen molar-refractivity contribution >= 4 is 15.9 Å². The molecule has 168 valence electrons. The van der Waals surface area contributed by atoms with Crippen molar-refractivity contribution in [1.29, 1.82) is 0 Å². The van der Waals surface area contributed by atoms with Crippen LogP contribution in [0.2, 0.25) is 0 Å². The first kappa shape index (κ1) is 23.1. The Bertz CT molecular complexity index is 1020. The maximum Gasteiger partial charge on any atom is 0.251 e. The number of amides is 1. The molecule has 1 N–H and O–H groups in total. The number of methoxy groups -OCH3 is 1. The molecule has 0 spiro atoms. The molecule has 8 heteroatoms. The van der Waals surface area contributed by atoms with E-state index in [1.807, 2.05) is 38.1 Å². The molecule has 0 aromatic heterocycles. The molecule has 1 unspecified atom stereocenters. The number of nitrogens with one attached hydrogen (secondary N) is 1. The fraction of sp³-hybridized carbons (Fsp3) is 0.435. The summed E-state index contributed by atoms with van der Waals surface area (Å²) < 4.78 is 39.1. The lowest BCUT2D eigenvalue weighted by Gasteiger charge is -2.32. The van der Waals surface area contributed by atoms with E-state index in [-0.39, 0.29) is 28.2 Å². The van der Waals surface area contributed by atoms with Crippen LogP contribution < -0.4 is 14.8 Å². The number of aryl methyl sites for hydroxylation is 1. The Morgan fingerprint density at radius 1 is 1.16 bits per heavy atom. The predicted octanol–water partition coefficient (Wildman–Crippen LogP) is 3.38. The van der Waals surface area contributed by atoms with Crippen LogP contribution in [0.1, 0.15) is 42.1 Å². The Labute approximate surface area is 184 Å². The minimum Gasteiger partial charge on any atom is -0.495 e. The van der Waals surface area contributed by atoms with Gasteiger partial charge < -0.3 is 14.8 Å². The second kappa shape index (κ2) is 10.2. The van der Waals surface area contributed by atoms with Crippen molar-refractivity contribution in [2.24, 2.45) is 0 Å². The third-order valence-corrected chi connectivity index (χ3v) is 7.53. The van der Waals surface area contributed by atoms with E-state index in [0.29, 0.717) is 19.7 Å². The molecule has 3 rings (SSSR count). The number of hydrogen-bond acceptors (Lipinski definition) is 5. The van der Waals surface area contributed by atoms with Crippen molar-refractivity contribution in [2.45, 2.75) is 44.0 Å². The average molecular weight is 447 g/mol. The van der Waals surface area contributed by atoms with Gasteiger partial charge >= 0.3 is 0 Å². The van der Waals surface area contributed by atoms with Crippen LogP contribution in [0.15, 0.2) is 47.4 Å². The van der Waals surface area contributed by atoms with Gasteiger partial charge in [0.2, 0.25) is 10.0 Å². The molecule has 2 aromatic carbocycles. The Balaban J connectivity index is 1.70. The highest BCUT2D eigenvalue weighted by molar-refractivity contribution is 7.89. The molecule has 0 saturated carbocycles. The number of hydrogen-bond donors (Lipinski definition) is 1. The zero-order chi connectivity index (χ0) is 22.4. The lowest BCUT2D eigenvalue weighted by atomic mass is 10.1. The Kier molecular flexibility index (Phi) is 7.56. The van der Waals surface area contributed by atoms with Gasteiger partial charge in [0, 0.05) is 18.2 Å². The first-order valence-electron chi connectivity index (χ1n) is 10.5. The molecule has 2 aromatic rings. The zero-order valence-electron chi connectivity index (χ0n) is 18.3. The molecule has 0 radical (unpaired) electrons. The Morgan fingerprint density at radius 2 is 1.94 bits per heavy atom. The van der Waals surface area contributed by atoms with E-state index >= 15 is 0 Å². The Morgan fingerprint density at radius 3 is 2.65 bits per heavy atom. The number of rotatable bonds is 8. The van der Waals surface area contributed by atoms with Crippen molar-refractivity contribution in [3.8, 4) is 11.5 Å². The van der Waals surface area contributed by atoms with E-state index in [2.05, 4.69) is 5.32 Å². The van der Waals surface area contributed by atoms with Gasteiger partial charge in [-0.2, -0.15) is 4.31 Å². The fourth-order valence-electron chi connectivity index (χ4n) is 3.72. The lowest BCUT2D eigenvalue weighted by Crippen LogP contribution is -2.42. The van der Waals surface area contributed by atoms with Gasteiger partial charge in [-0.3, -0.25) is 4.79 Å². The molecule has 0 aliphatic carbocycles. The third-order valence-electron chi connectivity index (χ3n) is 5.49. The molecule has 1 aliphatic rings. The Hall–Kier alpha value is -2.58. The summed E-state index contributed by atoms with van der Waals surface area (Å²) >= 11 is 0. The van der Waals surface area contributed by atoms with Crippen molar-refractivity contribution in [1.82, 2.24) is 9.62 Å². The van der Waals surface area contributed by atoms with Gasteiger partial charge in [-0.25, -0.2) is 8.42 Å². The molecule has 7 nitrogen and oxygen atoms in total. The van der Waals surface area contributed by atoms with Gasteiger partial charge in [0.05, 0.1) is 13.7 Å². The highest BCUT2D eigenvalue weighted by Crippen LogP contribution is 2.31. The zero-order valence-corrected chi connectivity index (χ0v) is 19.1. The molecule has 1 amide bonds. The highest BCUT2D eigenvalue weighted by Gasteiger charge is 2.33. The van der Waals surface area contributed by atoms with E-state index in [4.69, 9.17) is 9.47 Å². The SMILES string of the molecule is COc1ccc(C(=O)NCCOc2ccccc2C)cc1S(=O)(=O)N1CCCCC1C. The van der Waals surface area contributed by atoms with Crippen molar-refractivity contribution in [3.63, 3.8) is 0 Å². The van der Waals surface area contributed by atoms with Crippen LogP contribution in [-0.2, 0) is 10.0 Å². The van der Waals surface area contributed by atoms with Gasteiger partial charge in [0.25, 0.3) is 5.91 Å². The monoisotopic (exact) mass is 446 g/mol. The molecule has 0 bridgehead atoms. The number of para-hydroxylation sites is 1. The summed E-state index contributed by atoms with van der Waals surface area (Å²) in [6, 6.07) is 12.1. The quantitative estimate of drug-likeness (QED) is 0.629. The first-order valence-corrected chi connectivity index (χ1v) is 11.9. The molecule has 1 atom stereocenters. The van der Waals surface area contributed by atoms with E-state index < -0.39 is 10.0 Å². The van der Waals surface area contributed by atoms with E-state index in [0.717, 1.165) is 30.6 Å². The summed E-state index contributed by atoms with van der Waals surface area (Å²) in [7, 11) is -2.35. The number of carbonyl (C=O) groups is 1. The summed E-state index contributed by atoms with van der Waals surface area (Å²) in [6.45, 7) is 4.94. The number of carbonyl (C=O) groups excluding carboxylic acids is 1. The van der Waals surface area contributed by atoms with Crippen LogP contribution >= 0.6 is 0 Å². The number of sulfonamides is 1. The number of nitrogens with zero attached hydrogens (tertiary/aromatic N) is 1. The molecule has 31 heavy (non-hydrogen) atoms. The second-order valence-electron chi connectivity index (χ2n) is 7.70. The lowest BCUT2D eigenvalue weighted by molar-refractivity contribution is 0.0946. The number of piperidine rings is 1. The minimum absolute atomic E-state index is 0.0209. The van der Waals surface area contributed by atoms with E-state index in [1.54, 1.807) is 6.07 Å². The van der Waals surface area contributed by atoms with Crippen molar-refractivity contribution in [2.75, 3.05) is 26.8 Å². The van der Waals surface area contributed by atoms with Crippen LogP contribution in [0.3, 0.4) is 0 Å². The summed E-state index contributed by atoms with van der Waals surface area (Å²) in [6.07, 6.45) is 2.66. The van der Waals surface area contributed by atoms with Crippen LogP contribution in [0.5, 0.6) is 11.5 Å². The maximum atomic E-state index is 13.3. The van der Waals surface area contributed by atoms with Crippen LogP contribution in [0.4, 0.5) is 0 Å². The van der Waals surface area contributed by atoms with Crippen LogP contribution in [0.25, 0.3) is 0 Å². The minimum atomic E-state index is -3.77. The van der Waals surface area contributed by atoms with Crippen molar-refractivity contribution < 1.29 is 22.7 Å². The summed E-state index contributed by atoms with van der Waals surface area (Å²) in [5, 5.41) is 2.78. The molecular weight excluding hydrogens is 416 g/mol. The molecule has 1 saturated heterocycles. The van der Waals surface area contributed by atoms with Crippen LogP contribution in [0, 0.1) is 6.92 Å². The molecular formula is C23H30N2O5S.